The van der Waals surface area contributed by atoms with Gasteiger partial charge in [0.05, 0.1) is 4.88 Å². The van der Waals surface area contributed by atoms with E-state index in [-0.39, 0.29) is 17.7 Å². The molecule has 0 bridgehead atoms. The van der Waals surface area contributed by atoms with Gasteiger partial charge in [-0.2, -0.15) is 4.98 Å². The number of rotatable bonds is 8. The number of halogens is 1. The van der Waals surface area contributed by atoms with Crippen LogP contribution in [0.15, 0.2) is 59.1 Å². The lowest BCUT2D eigenvalue weighted by Crippen LogP contribution is -2.51. The van der Waals surface area contributed by atoms with Crippen LogP contribution in [0.1, 0.15) is 17.4 Å². The summed E-state index contributed by atoms with van der Waals surface area (Å²) in [4.78, 5) is 19.3. The highest BCUT2D eigenvalue weighted by atomic mass is 32.1. The summed E-state index contributed by atoms with van der Waals surface area (Å²) in [6, 6.07) is 15.6. The summed E-state index contributed by atoms with van der Waals surface area (Å²) in [5.41, 5.74) is 1.55. The summed E-state index contributed by atoms with van der Waals surface area (Å²) >= 11 is 1.57. The zero-order chi connectivity index (χ0) is 24.4. The average Bonchev–Trinajstić information content (AvgIpc) is 3.46. The molecule has 0 unspecified atom stereocenters. The Morgan fingerprint density at radius 3 is 2.74 bits per heavy atom. The van der Waals surface area contributed by atoms with Gasteiger partial charge in [0.2, 0.25) is 5.82 Å². The third-order valence-corrected chi connectivity index (χ3v) is 6.75. The van der Waals surface area contributed by atoms with Crippen LogP contribution in [0.4, 0.5) is 9.18 Å². The average molecular weight is 496 g/mol. The number of likely N-dealkylation sites (tertiary alicyclic amines) is 1. The third kappa shape index (κ3) is 5.18. The van der Waals surface area contributed by atoms with E-state index in [4.69, 9.17) is 19.1 Å². The second kappa shape index (κ2) is 9.85. The van der Waals surface area contributed by atoms with Gasteiger partial charge in [0.15, 0.2) is 11.6 Å². The molecule has 1 fully saturated rings. The summed E-state index contributed by atoms with van der Waals surface area (Å²) in [5.74, 6) is 0.798. The molecule has 5 rings (SSSR count). The molecule has 2 aromatic carbocycles. The second-order valence-corrected chi connectivity index (χ2v) is 9.24. The molecule has 0 spiro atoms. The fourth-order valence-electron chi connectivity index (χ4n) is 3.87. The summed E-state index contributed by atoms with van der Waals surface area (Å²) in [6.07, 6.45) is -0.727. The van der Waals surface area contributed by atoms with Gasteiger partial charge in [0.25, 0.3) is 5.89 Å². The van der Waals surface area contributed by atoms with E-state index in [1.165, 1.54) is 12.1 Å². The number of aryl methyl sites for hydroxylation is 1. The summed E-state index contributed by atoms with van der Waals surface area (Å²) in [6.45, 7) is 3.89. The third-order valence-electron chi connectivity index (χ3n) is 5.59. The van der Waals surface area contributed by atoms with Crippen molar-refractivity contribution in [3.8, 4) is 33.7 Å². The van der Waals surface area contributed by atoms with Gasteiger partial charge in [0.1, 0.15) is 11.9 Å². The van der Waals surface area contributed by atoms with Crippen molar-refractivity contribution in [3.63, 3.8) is 0 Å². The summed E-state index contributed by atoms with van der Waals surface area (Å²) in [5, 5.41) is 12.8. The Morgan fingerprint density at radius 1 is 1.23 bits per heavy atom. The first-order chi connectivity index (χ1) is 17.0. The zero-order valence-corrected chi connectivity index (χ0v) is 19.6. The van der Waals surface area contributed by atoms with Crippen molar-refractivity contribution >= 4 is 17.5 Å². The number of benzene rings is 2. The molecular weight excluding hydrogens is 473 g/mol. The number of ether oxygens (including phenoxy) is 2. The Kier molecular flexibility index (Phi) is 6.47. The highest BCUT2D eigenvalue weighted by molar-refractivity contribution is 7.15. The number of aromatic nitrogens is 2. The van der Waals surface area contributed by atoms with Crippen molar-refractivity contribution in [2.24, 2.45) is 0 Å². The van der Waals surface area contributed by atoms with Crippen molar-refractivity contribution in [1.82, 2.24) is 15.0 Å². The summed E-state index contributed by atoms with van der Waals surface area (Å²) in [7, 11) is 0. The van der Waals surface area contributed by atoms with Crippen molar-refractivity contribution < 1.29 is 28.3 Å². The van der Waals surface area contributed by atoms with E-state index in [2.05, 4.69) is 28.0 Å². The highest BCUT2D eigenvalue weighted by Crippen LogP contribution is 2.35. The van der Waals surface area contributed by atoms with E-state index in [1.807, 2.05) is 18.2 Å². The molecule has 0 aliphatic carbocycles. The van der Waals surface area contributed by atoms with Crippen LogP contribution in [0.25, 0.3) is 22.2 Å². The van der Waals surface area contributed by atoms with E-state index >= 15 is 0 Å². The molecule has 180 valence electrons. The number of carbonyl (C=O) groups is 1. The molecule has 3 heterocycles. The minimum absolute atomic E-state index is 0.109. The van der Waals surface area contributed by atoms with Crippen molar-refractivity contribution in [3.05, 3.63) is 70.9 Å². The number of nitrogens with zero attached hydrogens (tertiary/aromatic N) is 3. The number of hydrogen-bond donors (Lipinski definition) is 1. The first kappa shape index (κ1) is 23.0. The lowest BCUT2D eigenvalue weighted by Gasteiger charge is -2.37. The van der Waals surface area contributed by atoms with Gasteiger partial charge in [-0.3, -0.25) is 4.90 Å². The predicted octanol–water partition coefficient (Wildman–Crippen LogP) is 5.84. The van der Waals surface area contributed by atoms with E-state index < -0.39 is 12.0 Å². The SMILES string of the molecule is CCc1cc(CN2CC(OC(=O)O)C2)sc1-c1noc(-c2ccc(Oc3ccccc3)c(F)c2)n1. The first-order valence-electron chi connectivity index (χ1n) is 11.1. The van der Waals surface area contributed by atoms with Crippen molar-refractivity contribution in [2.75, 3.05) is 13.1 Å². The lowest BCUT2D eigenvalue weighted by atomic mass is 10.1. The standard InChI is InChI=1S/C25H22FN3O5S/c1-2-15-10-19(14-29-12-18(13-29)33-25(30)31)35-22(15)23-27-24(34-28-23)16-8-9-21(20(26)11-16)32-17-6-4-3-5-7-17/h3-11,18H,2,12-14H2,1H3,(H,30,31). The highest BCUT2D eigenvalue weighted by Gasteiger charge is 2.30. The van der Waals surface area contributed by atoms with Crippen LogP contribution in [0, 0.1) is 5.82 Å². The summed E-state index contributed by atoms with van der Waals surface area (Å²) < 4.78 is 30.5. The van der Waals surface area contributed by atoms with Crippen LogP contribution in [0.3, 0.4) is 0 Å². The zero-order valence-electron chi connectivity index (χ0n) is 18.8. The molecule has 1 aliphatic heterocycles. The molecule has 35 heavy (non-hydrogen) atoms. The van der Waals surface area contributed by atoms with Gasteiger partial charge in [-0.15, -0.1) is 11.3 Å². The van der Waals surface area contributed by atoms with Gasteiger partial charge in [0, 0.05) is 30.1 Å². The number of thiophene rings is 1. The van der Waals surface area contributed by atoms with Gasteiger partial charge < -0.3 is 19.1 Å². The maximum atomic E-state index is 14.7. The Bertz CT molecular complexity index is 1330. The molecule has 10 heteroatoms. The molecule has 4 aromatic rings. The Hall–Kier alpha value is -3.76. The quantitative estimate of drug-likeness (QED) is 0.305. The fraction of sp³-hybridized carbons (Fsp3) is 0.240. The molecular formula is C25H22FN3O5S. The Balaban J connectivity index is 1.29. The van der Waals surface area contributed by atoms with E-state index in [0.717, 1.165) is 21.7 Å². The van der Waals surface area contributed by atoms with Crippen molar-refractivity contribution in [1.29, 1.82) is 0 Å². The minimum Gasteiger partial charge on any atom is -0.454 e. The van der Waals surface area contributed by atoms with Gasteiger partial charge >= 0.3 is 6.16 Å². The number of carboxylic acid groups (broad SMARTS) is 1. The fourth-order valence-corrected chi connectivity index (χ4v) is 5.09. The lowest BCUT2D eigenvalue weighted by molar-refractivity contribution is -0.0359. The van der Waals surface area contributed by atoms with Gasteiger partial charge in [-0.1, -0.05) is 30.3 Å². The molecule has 8 nitrogen and oxygen atoms in total. The van der Waals surface area contributed by atoms with E-state index in [9.17, 15) is 9.18 Å². The first-order valence-corrected chi connectivity index (χ1v) is 11.9. The van der Waals surface area contributed by atoms with Crippen LogP contribution in [0.2, 0.25) is 0 Å². The molecule has 1 N–H and O–H groups in total. The molecule has 2 aromatic heterocycles. The van der Waals surface area contributed by atoms with E-state index in [1.54, 1.807) is 29.5 Å². The normalized spacial score (nSPS) is 14.0. The van der Waals surface area contributed by atoms with Crippen LogP contribution in [-0.2, 0) is 17.7 Å². The van der Waals surface area contributed by atoms with Crippen molar-refractivity contribution in [2.45, 2.75) is 26.0 Å². The predicted molar refractivity (Wildman–Crippen MR) is 127 cm³/mol. The van der Waals surface area contributed by atoms with Crippen LogP contribution in [0.5, 0.6) is 11.5 Å². The minimum atomic E-state index is -1.24. The molecule has 0 atom stereocenters. The van der Waals surface area contributed by atoms with Crippen LogP contribution >= 0.6 is 11.3 Å². The largest absolute Gasteiger partial charge is 0.506 e. The monoisotopic (exact) mass is 495 g/mol. The Morgan fingerprint density at radius 2 is 2.03 bits per heavy atom. The number of hydrogen-bond acceptors (Lipinski definition) is 8. The maximum Gasteiger partial charge on any atom is 0.506 e. The molecule has 0 radical (unpaired) electrons. The molecule has 1 aliphatic rings. The van der Waals surface area contributed by atoms with Gasteiger partial charge in [-0.25, -0.2) is 9.18 Å². The smallest absolute Gasteiger partial charge is 0.454 e. The Labute approximate surface area is 204 Å². The van der Waals surface area contributed by atoms with Crippen LogP contribution < -0.4 is 4.74 Å². The molecule has 1 saturated heterocycles. The topological polar surface area (TPSA) is 97.9 Å². The second-order valence-electron chi connectivity index (χ2n) is 8.10. The van der Waals surface area contributed by atoms with E-state index in [0.29, 0.717) is 36.8 Å². The number of para-hydroxylation sites is 1. The molecule has 0 saturated carbocycles. The van der Waals surface area contributed by atoms with Gasteiger partial charge in [-0.05, 0) is 48.4 Å². The maximum absolute atomic E-state index is 14.7. The molecule has 0 amide bonds. The van der Waals surface area contributed by atoms with Crippen LogP contribution in [-0.4, -0.2) is 45.5 Å².